The maximum absolute atomic E-state index is 12.4. The molecule has 0 aromatic carbocycles. The highest BCUT2D eigenvalue weighted by molar-refractivity contribution is 5.99. The molecule has 4 atom stereocenters. The normalized spacial score (nSPS) is 39.6. The van der Waals surface area contributed by atoms with Gasteiger partial charge in [-0.15, -0.1) is 0 Å². The maximum Gasteiger partial charge on any atom is 0.246 e. The number of hydrogen-bond donors (Lipinski definition) is 1. The van der Waals surface area contributed by atoms with E-state index in [1.807, 2.05) is 20.8 Å². The van der Waals surface area contributed by atoms with Crippen molar-refractivity contribution in [2.75, 3.05) is 6.54 Å². The molecule has 1 N–H and O–H groups in total. The first-order valence-corrected chi connectivity index (χ1v) is 7.16. The third kappa shape index (κ3) is 2.48. The van der Waals surface area contributed by atoms with Crippen LogP contribution in [-0.2, 0) is 14.3 Å². The van der Waals surface area contributed by atoms with Crippen molar-refractivity contribution < 1.29 is 14.3 Å². The SMILES string of the molecule is CCC1(C)C(=O)NC(C)C(=O)N1CC1CCC(C)O1. The Morgan fingerprint density at radius 3 is 2.58 bits per heavy atom. The molecule has 0 aromatic heterocycles. The number of ether oxygens (including phenoxy) is 1. The van der Waals surface area contributed by atoms with Gasteiger partial charge in [0.05, 0.1) is 12.2 Å². The summed E-state index contributed by atoms with van der Waals surface area (Å²) in [5.74, 6) is -0.0692. The van der Waals surface area contributed by atoms with Crippen molar-refractivity contribution in [3.8, 4) is 0 Å². The summed E-state index contributed by atoms with van der Waals surface area (Å²) in [6.45, 7) is 8.08. The molecular weight excluding hydrogens is 244 g/mol. The molecule has 108 valence electrons. The van der Waals surface area contributed by atoms with Gasteiger partial charge in [-0.05, 0) is 40.0 Å². The summed E-state index contributed by atoms with van der Waals surface area (Å²) in [6.07, 6.45) is 2.91. The Balaban J connectivity index is 2.17. The number of hydrogen-bond acceptors (Lipinski definition) is 3. The Morgan fingerprint density at radius 2 is 2.05 bits per heavy atom. The fourth-order valence-electron chi connectivity index (χ4n) is 2.88. The number of piperazine rings is 1. The van der Waals surface area contributed by atoms with Crippen molar-refractivity contribution in [2.45, 2.75) is 70.7 Å². The maximum atomic E-state index is 12.4. The van der Waals surface area contributed by atoms with E-state index in [0.717, 1.165) is 12.8 Å². The van der Waals surface area contributed by atoms with Crippen LogP contribution in [-0.4, -0.2) is 47.0 Å². The molecular formula is C14H24N2O3. The van der Waals surface area contributed by atoms with E-state index in [0.29, 0.717) is 13.0 Å². The lowest BCUT2D eigenvalue weighted by Crippen LogP contribution is -2.69. The Kier molecular flexibility index (Phi) is 3.85. The quantitative estimate of drug-likeness (QED) is 0.833. The third-order valence-corrected chi connectivity index (χ3v) is 4.46. The minimum absolute atomic E-state index is 0.00731. The van der Waals surface area contributed by atoms with Crippen molar-refractivity contribution in [1.82, 2.24) is 10.2 Å². The van der Waals surface area contributed by atoms with Crippen LogP contribution >= 0.6 is 0 Å². The van der Waals surface area contributed by atoms with Crippen LogP contribution in [0.3, 0.4) is 0 Å². The molecule has 2 amide bonds. The third-order valence-electron chi connectivity index (χ3n) is 4.46. The number of carbonyl (C=O) groups excluding carboxylic acids is 2. The molecule has 5 nitrogen and oxygen atoms in total. The van der Waals surface area contributed by atoms with Gasteiger partial charge in [-0.3, -0.25) is 9.59 Å². The standard InChI is InChI=1S/C14H24N2O3/c1-5-14(4)13(18)15-10(3)12(17)16(14)8-11-7-6-9(2)19-11/h9-11H,5-8H2,1-4H3,(H,15,18). The van der Waals surface area contributed by atoms with E-state index in [1.54, 1.807) is 11.8 Å². The van der Waals surface area contributed by atoms with Crippen LogP contribution in [0.2, 0.25) is 0 Å². The summed E-state index contributed by atoms with van der Waals surface area (Å²) < 4.78 is 5.80. The average molecular weight is 268 g/mol. The number of amides is 2. The molecule has 4 unspecified atom stereocenters. The van der Waals surface area contributed by atoms with Crippen molar-refractivity contribution >= 4 is 11.8 Å². The molecule has 0 spiro atoms. The second-order valence-corrected chi connectivity index (χ2v) is 5.92. The number of nitrogens with zero attached hydrogens (tertiary/aromatic N) is 1. The molecule has 2 heterocycles. The van der Waals surface area contributed by atoms with E-state index >= 15 is 0 Å². The first-order valence-electron chi connectivity index (χ1n) is 7.16. The zero-order valence-electron chi connectivity index (χ0n) is 12.2. The van der Waals surface area contributed by atoms with Gasteiger partial charge in [-0.25, -0.2) is 0 Å². The summed E-state index contributed by atoms with van der Waals surface area (Å²) in [4.78, 5) is 26.3. The molecule has 5 heteroatoms. The highest BCUT2D eigenvalue weighted by atomic mass is 16.5. The highest BCUT2D eigenvalue weighted by Gasteiger charge is 2.47. The second-order valence-electron chi connectivity index (χ2n) is 5.92. The molecule has 0 aromatic rings. The van der Waals surface area contributed by atoms with Crippen LogP contribution in [0.15, 0.2) is 0 Å². The topological polar surface area (TPSA) is 58.6 Å². The van der Waals surface area contributed by atoms with Gasteiger partial charge in [-0.1, -0.05) is 6.92 Å². The average Bonchev–Trinajstić information content (AvgIpc) is 2.78. The summed E-state index contributed by atoms with van der Waals surface area (Å²) in [6, 6.07) is -0.439. The molecule has 2 rings (SSSR count). The fraction of sp³-hybridized carbons (Fsp3) is 0.857. The summed E-state index contributed by atoms with van der Waals surface area (Å²) in [5, 5.41) is 2.76. The van der Waals surface area contributed by atoms with E-state index in [4.69, 9.17) is 4.74 Å². The van der Waals surface area contributed by atoms with Crippen molar-refractivity contribution in [3.05, 3.63) is 0 Å². The van der Waals surface area contributed by atoms with Gasteiger partial charge >= 0.3 is 0 Å². The summed E-state index contributed by atoms with van der Waals surface area (Å²) in [7, 11) is 0. The molecule has 0 saturated carbocycles. The van der Waals surface area contributed by atoms with E-state index < -0.39 is 11.6 Å². The fourth-order valence-corrected chi connectivity index (χ4v) is 2.88. The molecule has 2 saturated heterocycles. The predicted molar refractivity (Wildman–Crippen MR) is 71.6 cm³/mol. The van der Waals surface area contributed by atoms with Crippen molar-refractivity contribution in [3.63, 3.8) is 0 Å². The molecule has 2 aliphatic rings. The van der Waals surface area contributed by atoms with Gasteiger partial charge in [0.15, 0.2) is 0 Å². The molecule has 0 bridgehead atoms. The lowest BCUT2D eigenvalue weighted by Gasteiger charge is -2.46. The first kappa shape index (κ1) is 14.3. The molecule has 2 fully saturated rings. The van der Waals surface area contributed by atoms with E-state index in [1.165, 1.54) is 0 Å². The zero-order chi connectivity index (χ0) is 14.2. The summed E-state index contributed by atoms with van der Waals surface area (Å²) in [5.41, 5.74) is -0.751. The van der Waals surface area contributed by atoms with E-state index in [2.05, 4.69) is 5.32 Å². The van der Waals surface area contributed by atoms with Gasteiger partial charge in [0, 0.05) is 6.54 Å². The lowest BCUT2D eigenvalue weighted by molar-refractivity contribution is -0.158. The predicted octanol–water partition coefficient (Wildman–Crippen LogP) is 1.07. The number of rotatable bonds is 3. The van der Waals surface area contributed by atoms with Crippen molar-refractivity contribution in [1.29, 1.82) is 0 Å². The highest BCUT2D eigenvalue weighted by Crippen LogP contribution is 2.28. The Hall–Kier alpha value is -1.10. The zero-order valence-corrected chi connectivity index (χ0v) is 12.2. The molecule has 19 heavy (non-hydrogen) atoms. The van der Waals surface area contributed by atoms with Crippen LogP contribution in [0.5, 0.6) is 0 Å². The number of carbonyl (C=O) groups is 2. The Labute approximate surface area is 114 Å². The summed E-state index contributed by atoms with van der Waals surface area (Å²) >= 11 is 0. The van der Waals surface area contributed by atoms with Gasteiger partial charge in [0.25, 0.3) is 0 Å². The Morgan fingerprint density at radius 1 is 1.37 bits per heavy atom. The van der Waals surface area contributed by atoms with Crippen LogP contribution in [0.1, 0.15) is 47.0 Å². The van der Waals surface area contributed by atoms with Crippen LogP contribution in [0.25, 0.3) is 0 Å². The minimum Gasteiger partial charge on any atom is -0.373 e. The number of nitrogens with one attached hydrogen (secondary N) is 1. The van der Waals surface area contributed by atoms with Gasteiger partial charge in [0.1, 0.15) is 11.6 Å². The monoisotopic (exact) mass is 268 g/mol. The first-order chi connectivity index (χ1) is 8.88. The molecule has 0 aliphatic carbocycles. The van der Waals surface area contributed by atoms with E-state index in [-0.39, 0.29) is 24.0 Å². The second kappa shape index (κ2) is 5.12. The Bertz CT molecular complexity index is 385. The van der Waals surface area contributed by atoms with E-state index in [9.17, 15) is 9.59 Å². The van der Waals surface area contributed by atoms with Crippen LogP contribution in [0.4, 0.5) is 0 Å². The minimum atomic E-state index is -0.751. The molecule has 2 aliphatic heterocycles. The van der Waals surface area contributed by atoms with Crippen molar-refractivity contribution in [2.24, 2.45) is 0 Å². The lowest BCUT2D eigenvalue weighted by atomic mass is 9.90. The molecule has 0 radical (unpaired) electrons. The van der Waals surface area contributed by atoms with Gasteiger partial charge < -0.3 is 15.0 Å². The largest absolute Gasteiger partial charge is 0.373 e. The van der Waals surface area contributed by atoms with Crippen LogP contribution in [0, 0.1) is 0 Å². The van der Waals surface area contributed by atoms with Crippen LogP contribution < -0.4 is 5.32 Å². The smallest absolute Gasteiger partial charge is 0.246 e. The van der Waals surface area contributed by atoms with Gasteiger partial charge in [-0.2, -0.15) is 0 Å². The van der Waals surface area contributed by atoms with Gasteiger partial charge in [0.2, 0.25) is 11.8 Å².